The average molecular weight is 282 g/mol. The largest absolute Gasteiger partial charge is 0.465 e. The molecule has 1 saturated heterocycles. The van der Waals surface area contributed by atoms with E-state index in [1.165, 1.54) is 13.2 Å². The van der Waals surface area contributed by atoms with E-state index in [-0.39, 0.29) is 17.9 Å². The molecule has 6 nitrogen and oxygen atoms in total. The molecule has 1 aromatic rings. The number of hydrogen-bond donors (Lipinski definition) is 2. The molecule has 0 spiro atoms. The number of nitrogens with two attached hydrogens (primary N) is 1. The van der Waals surface area contributed by atoms with Crippen molar-refractivity contribution >= 4 is 17.6 Å². The third-order valence-electron chi connectivity index (χ3n) is 3.11. The summed E-state index contributed by atoms with van der Waals surface area (Å²) < 4.78 is 22.9. The molecule has 0 aromatic heterocycles. The van der Waals surface area contributed by atoms with Gasteiger partial charge < -0.3 is 20.5 Å². The number of ether oxygens (including phenoxy) is 2. The summed E-state index contributed by atoms with van der Waals surface area (Å²) in [6.45, 7) is 0.501. The summed E-state index contributed by atoms with van der Waals surface area (Å²) in [4.78, 5) is 23.6. The first kappa shape index (κ1) is 14.4. The van der Waals surface area contributed by atoms with Crippen LogP contribution >= 0.6 is 0 Å². The van der Waals surface area contributed by atoms with Gasteiger partial charge in [-0.2, -0.15) is 0 Å². The van der Waals surface area contributed by atoms with Crippen molar-refractivity contribution in [1.29, 1.82) is 0 Å². The molecule has 1 amide bonds. The van der Waals surface area contributed by atoms with Gasteiger partial charge in [-0.05, 0) is 18.2 Å². The number of amides is 1. The molecule has 1 fully saturated rings. The van der Waals surface area contributed by atoms with Crippen LogP contribution in [0.25, 0.3) is 0 Å². The zero-order valence-electron chi connectivity index (χ0n) is 10.9. The quantitative estimate of drug-likeness (QED) is 0.789. The predicted octanol–water partition coefficient (Wildman–Crippen LogP) is 0.524. The molecule has 0 bridgehead atoms. The van der Waals surface area contributed by atoms with Gasteiger partial charge in [0.25, 0.3) is 0 Å². The van der Waals surface area contributed by atoms with Gasteiger partial charge in [-0.1, -0.05) is 0 Å². The minimum absolute atomic E-state index is 0.0564. The van der Waals surface area contributed by atoms with E-state index in [0.29, 0.717) is 6.61 Å². The van der Waals surface area contributed by atoms with Crippen LogP contribution in [0, 0.1) is 11.7 Å². The number of benzene rings is 1. The van der Waals surface area contributed by atoms with Gasteiger partial charge in [0, 0.05) is 6.04 Å². The molecule has 1 aliphatic rings. The molecule has 0 aliphatic carbocycles. The third kappa shape index (κ3) is 2.94. The maximum atomic E-state index is 13.3. The summed E-state index contributed by atoms with van der Waals surface area (Å²) in [5.74, 6) is -2.17. The van der Waals surface area contributed by atoms with Crippen LogP contribution in [0.1, 0.15) is 10.4 Å². The summed E-state index contributed by atoms with van der Waals surface area (Å²) in [5, 5.41) is 2.50. The zero-order chi connectivity index (χ0) is 14.7. The fourth-order valence-corrected chi connectivity index (χ4v) is 1.97. The van der Waals surface area contributed by atoms with Gasteiger partial charge >= 0.3 is 5.97 Å². The first-order valence-electron chi connectivity index (χ1n) is 6.05. The van der Waals surface area contributed by atoms with Crippen molar-refractivity contribution in [3.05, 3.63) is 29.6 Å². The maximum absolute atomic E-state index is 13.3. The number of rotatable bonds is 3. The van der Waals surface area contributed by atoms with Crippen LogP contribution in [-0.4, -0.2) is 38.2 Å². The third-order valence-corrected chi connectivity index (χ3v) is 3.11. The number of carbonyl (C=O) groups excluding carboxylic acids is 2. The van der Waals surface area contributed by atoms with Crippen LogP contribution in [0.2, 0.25) is 0 Å². The van der Waals surface area contributed by atoms with Crippen LogP contribution < -0.4 is 11.1 Å². The molecule has 1 aliphatic heterocycles. The van der Waals surface area contributed by atoms with E-state index in [1.54, 1.807) is 0 Å². The van der Waals surface area contributed by atoms with Crippen molar-refractivity contribution in [3.8, 4) is 0 Å². The zero-order valence-corrected chi connectivity index (χ0v) is 10.9. The minimum atomic E-state index is -0.660. The Labute approximate surface area is 115 Å². The number of carbonyl (C=O) groups is 2. The van der Waals surface area contributed by atoms with Crippen LogP contribution in [0.4, 0.5) is 10.1 Å². The minimum Gasteiger partial charge on any atom is -0.465 e. The lowest BCUT2D eigenvalue weighted by molar-refractivity contribution is -0.120. The second kappa shape index (κ2) is 5.98. The van der Waals surface area contributed by atoms with Gasteiger partial charge in [-0.3, -0.25) is 4.79 Å². The molecule has 20 heavy (non-hydrogen) atoms. The first-order chi connectivity index (χ1) is 9.52. The topological polar surface area (TPSA) is 90.6 Å². The Bertz CT molecular complexity index is 535. The Morgan fingerprint density at radius 3 is 2.80 bits per heavy atom. The summed E-state index contributed by atoms with van der Waals surface area (Å²) in [7, 11) is 1.21. The van der Waals surface area contributed by atoms with E-state index in [9.17, 15) is 14.0 Å². The fraction of sp³-hybridized carbons (Fsp3) is 0.385. The van der Waals surface area contributed by atoms with Crippen LogP contribution in [-0.2, 0) is 14.3 Å². The molecule has 2 atom stereocenters. The number of hydrogen-bond acceptors (Lipinski definition) is 5. The molecule has 1 heterocycles. The molecule has 0 radical (unpaired) electrons. The first-order valence-corrected chi connectivity index (χ1v) is 6.05. The van der Waals surface area contributed by atoms with Gasteiger partial charge in [0.2, 0.25) is 5.91 Å². The second-order valence-electron chi connectivity index (χ2n) is 4.48. The molecule has 3 N–H and O–H groups in total. The number of methoxy groups -OCH3 is 1. The second-order valence-corrected chi connectivity index (χ2v) is 4.48. The summed E-state index contributed by atoms with van der Waals surface area (Å²) in [6, 6.07) is 3.02. The average Bonchev–Trinajstić information content (AvgIpc) is 2.84. The Balaban J connectivity index is 2.21. The van der Waals surface area contributed by atoms with Crippen LogP contribution in [0.3, 0.4) is 0 Å². The van der Waals surface area contributed by atoms with E-state index in [4.69, 9.17) is 10.5 Å². The summed E-state index contributed by atoms with van der Waals surface area (Å²) in [5.41, 5.74) is 5.87. The standard InChI is InChI=1S/C13H15FN2O4/c1-19-13(18)8-3-2-7(14)4-11(8)16-12(17)9-5-20-6-10(9)15/h2-4,9-10H,5-6,15H2,1H3,(H,16,17). The van der Waals surface area contributed by atoms with E-state index < -0.39 is 29.7 Å². The molecule has 2 rings (SSSR count). The monoisotopic (exact) mass is 282 g/mol. The molecule has 108 valence electrons. The lowest BCUT2D eigenvalue weighted by atomic mass is 10.0. The highest BCUT2D eigenvalue weighted by molar-refractivity contribution is 6.02. The molecular weight excluding hydrogens is 267 g/mol. The van der Waals surface area contributed by atoms with E-state index in [0.717, 1.165) is 12.1 Å². The Morgan fingerprint density at radius 1 is 1.45 bits per heavy atom. The van der Waals surface area contributed by atoms with Crippen molar-refractivity contribution in [1.82, 2.24) is 0 Å². The normalized spacial score (nSPS) is 21.6. The fourth-order valence-electron chi connectivity index (χ4n) is 1.97. The predicted molar refractivity (Wildman–Crippen MR) is 68.7 cm³/mol. The Hall–Kier alpha value is -1.99. The van der Waals surface area contributed by atoms with Crippen molar-refractivity contribution in [2.75, 3.05) is 25.6 Å². The van der Waals surface area contributed by atoms with Gasteiger partial charge in [0.15, 0.2) is 0 Å². The van der Waals surface area contributed by atoms with Crippen molar-refractivity contribution in [3.63, 3.8) is 0 Å². The molecule has 0 saturated carbocycles. The van der Waals surface area contributed by atoms with Gasteiger partial charge in [0.05, 0.1) is 37.5 Å². The lowest BCUT2D eigenvalue weighted by Crippen LogP contribution is -2.37. The molecular formula is C13H15FN2O4. The van der Waals surface area contributed by atoms with Crippen molar-refractivity contribution in [2.24, 2.45) is 11.7 Å². The molecule has 2 unspecified atom stereocenters. The highest BCUT2D eigenvalue weighted by atomic mass is 19.1. The summed E-state index contributed by atoms with van der Waals surface area (Å²) >= 11 is 0. The number of anilines is 1. The van der Waals surface area contributed by atoms with Crippen molar-refractivity contribution < 1.29 is 23.5 Å². The van der Waals surface area contributed by atoms with Crippen LogP contribution in [0.15, 0.2) is 18.2 Å². The number of esters is 1. The molecule has 1 aromatic carbocycles. The maximum Gasteiger partial charge on any atom is 0.339 e. The number of halogens is 1. The Morgan fingerprint density at radius 2 is 2.20 bits per heavy atom. The van der Waals surface area contributed by atoms with E-state index in [1.807, 2.05) is 0 Å². The lowest BCUT2D eigenvalue weighted by Gasteiger charge is -2.15. The smallest absolute Gasteiger partial charge is 0.339 e. The van der Waals surface area contributed by atoms with Gasteiger partial charge in [-0.25, -0.2) is 9.18 Å². The highest BCUT2D eigenvalue weighted by Gasteiger charge is 2.32. The SMILES string of the molecule is COC(=O)c1ccc(F)cc1NC(=O)C1COCC1N. The van der Waals surface area contributed by atoms with Gasteiger partial charge in [-0.15, -0.1) is 0 Å². The van der Waals surface area contributed by atoms with E-state index in [2.05, 4.69) is 10.1 Å². The molecule has 7 heteroatoms. The highest BCUT2D eigenvalue weighted by Crippen LogP contribution is 2.21. The Kier molecular flexibility index (Phi) is 4.31. The number of nitrogens with one attached hydrogen (secondary N) is 1. The summed E-state index contributed by atoms with van der Waals surface area (Å²) in [6.07, 6.45) is 0. The van der Waals surface area contributed by atoms with Crippen molar-refractivity contribution in [2.45, 2.75) is 6.04 Å². The van der Waals surface area contributed by atoms with Crippen LogP contribution in [0.5, 0.6) is 0 Å². The van der Waals surface area contributed by atoms with Gasteiger partial charge in [0.1, 0.15) is 5.82 Å². The van der Waals surface area contributed by atoms with E-state index >= 15 is 0 Å².